The zero-order valence-electron chi connectivity index (χ0n) is 46.4. The smallest absolute Gasteiger partial charge is 0.359 e. The summed E-state index contributed by atoms with van der Waals surface area (Å²) in [5, 5.41) is 5.09. The molecular formula is C70H68B2N4. The molecule has 0 bridgehead atoms. The van der Waals surface area contributed by atoms with Crippen molar-refractivity contribution in [1.82, 2.24) is 8.96 Å². The Morgan fingerprint density at radius 1 is 0.316 bits per heavy atom. The highest BCUT2D eigenvalue weighted by Gasteiger charge is 2.50. The molecule has 0 radical (unpaired) electrons. The molecule has 13 rings (SSSR count). The average Bonchev–Trinajstić information content (AvgIpc) is 4.13. The third kappa shape index (κ3) is 7.34. The van der Waals surface area contributed by atoms with E-state index in [4.69, 9.17) is 0 Å². The summed E-state index contributed by atoms with van der Waals surface area (Å²) in [5.74, 6) is 0. The molecule has 9 aromatic carbocycles. The molecule has 4 heterocycles. The van der Waals surface area contributed by atoms with Crippen molar-refractivity contribution in [2.24, 2.45) is 0 Å². The lowest BCUT2D eigenvalue weighted by Gasteiger charge is -2.33. The van der Waals surface area contributed by atoms with E-state index in [2.05, 4.69) is 296 Å². The first kappa shape index (κ1) is 48.0. The van der Waals surface area contributed by atoms with Crippen LogP contribution in [0, 0.1) is 0 Å². The number of para-hydroxylation sites is 4. The van der Waals surface area contributed by atoms with Crippen molar-refractivity contribution in [2.45, 2.75) is 105 Å². The Morgan fingerprint density at radius 3 is 0.961 bits per heavy atom. The van der Waals surface area contributed by atoms with Crippen LogP contribution in [0.25, 0.3) is 65.9 Å². The van der Waals surface area contributed by atoms with Crippen LogP contribution in [0.5, 0.6) is 0 Å². The van der Waals surface area contributed by atoms with E-state index in [0.29, 0.717) is 0 Å². The van der Waals surface area contributed by atoms with Gasteiger partial charge in [0.05, 0.1) is 22.4 Å². The highest BCUT2D eigenvalue weighted by Crippen LogP contribution is 2.59. The van der Waals surface area contributed by atoms with Crippen LogP contribution in [-0.4, -0.2) is 22.9 Å². The molecule has 2 aliphatic rings. The Balaban J connectivity index is 1.26. The largest absolute Gasteiger partial charge is 0.420 e. The van der Waals surface area contributed by atoms with Gasteiger partial charge in [-0.05, 0) is 90.2 Å². The van der Waals surface area contributed by atoms with Crippen LogP contribution in [0.4, 0.5) is 22.7 Å². The van der Waals surface area contributed by atoms with Gasteiger partial charge in [-0.2, -0.15) is 0 Å². The van der Waals surface area contributed by atoms with Gasteiger partial charge >= 0.3 is 14.0 Å². The maximum Gasteiger partial charge on any atom is 0.420 e. The van der Waals surface area contributed by atoms with Crippen molar-refractivity contribution in [3.63, 3.8) is 0 Å². The van der Waals surface area contributed by atoms with Crippen molar-refractivity contribution in [3.8, 4) is 22.3 Å². The molecule has 0 atom stereocenters. The predicted molar refractivity (Wildman–Crippen MR) is 330 cm³/mol. The van der Waals surface area contributed by atoms with Crippen molar-refractivity contribution >= 4 is 91.3 Å². The second-order valence-electron chi connectivity index (χ2n) is 25.9. The molecule has 2 aliphatic heterocycles. The number of nitrogens with zero attached hydrogens (tertiary/aromatic N) is 4. The first-order valence-corrected chi connectivity index (χ1v) is 27.5. The molecule has 76 heavy (non-hydrogen) atoms. The molecule has 0 N–H and O–H groups in total. The Kier molecular flexibility index (Phi) is 10.7. The Morgan fingerprint density at radius 2 is 0.618 bits per heavy atom. The van der Waals surface area contributed by atoms with Gasteiger partial charge in [0, 0.05) is 55.1 Å². The van der Waals surface area contributed by atoms with Crippen molar-refractivity contribution < 1.29 is 0 Å². The van der Waals surface area contributed by atoms with Gasteiger partial charge in [-0.1, -0.05) is 253 Å². The van der Waals surface area contributed by atoms with Crippen LogP contribution in [0.1, 0.15) is 105 Å². The zero-order chi connectivity index (χ0) is 52.8. The van der Waals surface area contributed by atoms with Crippen LogP contribution in [-0.2, 0) is 21.7 Å². The van der Waals surface area contributed by atoms with E-state index in [1.807, 2.05) is 0 Å². The predicted octanol–water partition coefficient (Wildman–Crippen LogP) is 17.2. The number of rotatable bonds is 6. The minimum absolute atomic E-state index is 0.0875. The van der Waals surface area contributed by atoms with Crippen LogP contribution in [0.2, 0.25) is 0 Å². The summed E-state index contributed by atoms with van der Waals surface area (Å²) in [6.45, 7) is 27.9. The lowest BCUT2D eigenvalue weighted by Crippen LogP contribution is -2.49. The van der Waals surface area contributed by atoms with Crippen LogP contribution >= 0.6 is 0 Å². The summed E-state index contributed by atoms with van der Waals surface area (Å²) >= 11 is 0. The van der Waals surface area contributed by atoms with Gasteiger partial charge in [-0.3, -0.25) is 0 Å². The first-order valence-electron chi connectivity index (χ1n) is 27.5. The highest BCUT2D eigenvalue weighted by atomic mass is 15.3. The lowest BCUT2D eigenvalue weighted by atomic mass is 9.62. The third-order valence-electron chi connectivity index (χ3n) is 16.7. The van der Waals surface area contributed by atoms with E-state index >= 15 is 0 Å². The van der Waals surface area contributed by atoms with Crippen molar-refractivity contribution in [1.29, 1.82) is 0 Å². The maximum absolute atomic E-state index is 2.76. The molecule has 0 saturated heterocycles. The molecule has 11 aromatic rings. The molecule has 0 spiro atoms. The Labute approximate surface area is 450 Å². The number of hydrogen-bond donors (Lipinski definition) is 0. The van der Waals surface area contributed by atoms with E-state index in [0.717, 1.165) is 0 Å². The molecule has 0 unspecified atom stereocenters. The van der Waals surface area contributed by atoms with Crippen molar-refractivity contribution in [2.75, 3.05) is 9.62 Å². The molecule has 6 heteroatoms. The molecular weight excluding hydrogens is 918 g/mol. The Hall–Kier alpha value is -7.69. The van der Waals surface area contributed by atoms with E-state index in [-0.39, 0.29) is 35.6 Å². The fourth-order valence-corrected chi connectivity index (χ4v) is 12.7. The normalized spacial score (nSPS) is 13.9. The van der Waals surface area contributed by atoms with Gasteiger partial charge in [0.25, 0.3) is 0 Å². The van der Waals surface area contributed by atoms with Crippen LogP contribution in [0.3, 0.4) is 0 Å². The van der Waals surface area contributed by atoms with E-state index in [1.54, 1.807) is 0 Å². The number of hydrogen-bond acceptors (Lipinski definition) is 2. The Bertz CT molecular complexity index is 3780. The molecule has 0 aliphatic carbocycles. The summed E-state index contributed by atoms with van der Waals surface area (Å²) in [6, 6.07) is 74.1. The fourth-order valence-electron chi connectivity index (χ4n) is 12.7. The van der Waals surface area contributed by atoms with Gasteiger partial charge in [-0.15, -0.1) is 0 Å². The fraction of sp³-hybridized carbons (Fsp3) is 0.229. The van der Waals surface area contributed by atoms with Crippen molar-refractivity contribution in [3.05, 3.63) is 216 Å². The molecule has 0 amide bonds. The quantitative estimate of drug-likeness (QED) is 0.154. The highest BCUT2D eigenvalue weighted by molar-refractivity contribution is 6.84. The minimum atomic E-state index is -0.232. The van der Waals surface area contributed by atoms with E-state index < -0.39 is 0 Å². The first-order chi connectivity index (χ1) is 36.3. The van der Waals surface area contributed by atoms with E-state index in [1.165, 1.54) is 122 Å². The third-order valence-corrected chi connectivity index (χ3v) is 16.7. The second-order valence-corrected chi connectivity index (χ2v) is 25.9. The topological polar surface area (TPSA) is 16.3 Å². The minimum Gasteiger partial charge on any atom is -0.359 e. The van der Waals surface area contributed by atoms with Gasteiger partial charge in [0.2, 0.25) is 0 Å². The standard InChI is InChI=1S/C70H68B2N4/c1-67(2,3)47-39-48(68(4,5)6)42-51(41-47)71-73(57-35-23-19-31-53(57)45-27-15-13-16-28-45)63-61-56-34-22-26-38-60(56)76-66(61)64(62-55-33-21-25-37-59(55)75(71)65(62)63)74(58-36-24-20-32-54(58)46-29-17-14-18-30-46)72(76)52-43-49(69(7,8)9)40-50(44-52)70(10,11)12/h13-44H,1-12H3. The maximum atomic E-state index is 2.76. The molecule has 4 nitrogen and oxygen atoms in total. The van der Waals surface area contributed by atoms with Crippen LogP contribution < -0.4 is 20.5 Å². The summed E-state index contributed by atoms with van der Waals surface area (Å²) in [5.41, 5.74) is 22.3. The summed E-state index contributed by atoms with van der Waals surface area (Å²) in [7, 11) is 0. The second kappa shape index (κ2) is 16.9. The average molecular weight is 987 g/mol. The lowest BCUT2D eigenvalue weighted by molar-refractivity contribution is 0.569. The number of anilines is 4. The molecule has 0 saturated carbocycles. The van der Waals surface area contributed by atoms with Gasteiger partial charge in [0.15, 0.2) is 0 Å². The summed E-state index contributed by atoms with van der Waals surface area (Å²) < 4.78 is 5.48. The van der Waals surface area contributed by atoms with E-state index in [9.17, 15) is 0 Å². The monoisotopic (exact) mass is 987 g/mol. The van der Waals surface area contributed by atoms with Gasteiger partial charge in [-0.25, -0.2) is 0 Å². The molecule has 2 aromatic heterocycles. The number of aromatic nitrogens is 2. The zero-order valence-corrected chi connectivity index (χ0v) is 46.4. The van der Waals surface area contributed by atoms with Crippen LogP contribution in [0.15, 0.2) is 194 Å². The summed E-state index contributed by atoms with van der Waals surface area (Å²) in [4.78, 5) is 5.52. The van der Waals surface area contributed by atoms with Gasteiger partial charge in [0.1, 0.15) is 0 Å². The van der Waals surface area contributed by atoms with Gasteiger partial charge < -0.3 is 18.6 Å². The number of fused-ring (bicyclic) bond motifs is 8. The number of benzene rings is 9. The molecule has 374 valence electrons. The summed E-state index contributed by atoms with van der Waals surface area (Å²) in [6.07, 6.45) is 0. The molecule has 0 fully saturated rings. The SMILES string of the molecule is CC(C)(C)c1cc(B2N(c3ccccc3-c3ccccc3)c3c4c5ccccc5n5c4c(c4c6ccccc6n2c34)N(c2ccccc2-c2ccccc2)B5c2cc(C(C)(C)C)cc(C(C)(C)C)c2)cc(C(C)(C)C)c1.